The van der Waals surface area contributed by atoms with Crippen molar-refractivity contribution in [2.24, 2.45) is 19.1 Å². The van der Waals surface area contributed by atoms with Gasteiger partial charge in [0.25, 0.3) is 5.56 Å². The van der Waals surface area contributed by atoms with Crippen LogP contribution in [0, 0.1) is 0 Å². The van der Waals surface area contributed by atoms with Crippen LogP contribution in [0.25, 0.3) is 0 Å². The van der Waals surface area contributed by atoms with E-state index in [-0.39, 0.29) is 11.2 Å². The summed E-state index contributed by atoms with van der Waals surface area (Å²) in [4.78, 5) is 33.4. The minimum Gasteiger partial charge on any atom is -0.329 e. The quantitative estimate of drug-likeness (QED) is 0.749. The van der Waals surface area contributed by atoms with Gasteiger partial charge in [0, 0.05) is 53.2 Å². The molecule has 0 saturated carbocycles. The molecule has 1 saturated heterocycles. The Hall–Kier alpha value is -1.93. The maximum Gasteiger partial charge on any atom is 0.332 e. The van der Waals surface area contributed by atoms with Gasteiger partial charge in [-0.1, -0.05) is 0 Å². The van der Waals surface area contributed by atoms with Crippen molar-refractivity contribution in [2.45, 2.75) is 6.42 Å². The molecule has 1 aromatic heterocycles. The van der Waals surface area contributed by atoms with Crippen molar-refractivity contribution in [1.82, 2.24) is 18.9 Å². The Morgan fingerprint density at radius 1 is 1.04 bits per heavy atom. The second-order valence-electron chi connectivity index (χ2n) is 6.31. The molecule has 3 heterocycles. The molecule has 0 atom stereocenters. The molecule has 0 unspecified atom stereocenters. The highest BCUT2D eigenvalue weighted by atomic mass is 16.2. The van der Waals surface area contributed by atoms with Crippen LogP contribution >= 0.6 is 0 Å². The number of amidine groups is 1. The monoisotopic (exact) mass is 320 g/mol. The third kappa shape index (κ3) is 3.09. The van der Waals surface area contributed by atoms with Crippen LogP contribution in [-0.4, -0.2) is 71.1 Å². The van der Waals surface area contributed by atoms with E-state index in [1.54, 1.807) is 7.05 Å². The number of fused-ring (bicyclic) bond motifs is 1. The Labute approximate surface area is 135 Å². The van der Waals surface area contributed by atoms with Crippen molar-refractivity contribution >= 4 is 11.7 Å². The highest BCUT2D eigenvalue weighted by Crippen LogP contribution is 2.17. The number of piperazine rings is 1. The van der Waals surface area contributed by atoms with Gasteiger partial charge in [0.05, 0.1) is 12.1 Å². The van der Waals surface area contributed by atoms with Crippen molar-refractivity contribution in [1.29, 1.82) is 0 Å². The number of nitrogens with zero attached hydrogens (tertiary/aromatic N) is 5. The average Bonchev–Trinajstić information content (AvgIpc) is 2.97. The lowest BCUT2D eigenvalue weighted by molar-refractivity contribution is 0.157. The van der Waals surface area contributed by atoms with Gasteiger partial charge in [0.2, 0.25) is 0 Å². The lowest BCUT2D eigenvalue weighted by Gasteiger charge is -2.31. The van der Waals surface area contributed by atoms with Crippen LogP contribution in [0.1, 0.15) is 5.56 Å². The Morgan fingerprint density at radius 2 is 1.74 bits per heavy atom. The minimum absolute atomic E-state index is 0.236. The minimum atomic E-state index is -0.320. The van der Waals surface area contributed by atoms with Gasteiger partial charge in [0.1, 0.15) is 11.7 Å². The number of anilines is 1. The van der Waals surface area contributed by atoms with Crippen molar-refractivity contribution in [2.75, 3.05) is 51.6 Å². The highest BCUT2D eigenvalue weighted by Gasteiger charge is 2.24. The standard InChI is InChI=1S/C15H24N6O2/c1-18-6-8-21(9-7-18)5-4-16-12-10-11-13(17-12)19(2)15(23)20(3)14(11)22/h4-10H2,1-3H3,(H,16,17). The normalized spacial score (nSPS) is 20.7. The second kappa shape index (κ2) is 6.29. The Bertz CT molecular complexity index is 740. The SMILES string of the molecule is CN1CCN(CCN=C2Cc3c(n(C)c(=O)n(C)c3=O)N2)CC1. The van der Waals surface area contributed by atoms with Crippen LogP contribution in [0.3, 0.4) is 0 Å². The zero-order valence-corrected chi connectivity index (χ0v) is 14.0. The molecule has 1 N–H and O–H groups in total. The van der Waals surface area contributed by atoms with E-state index in [2.05, 4.69) is 27.2 Å². The predicted octanol–water partition coefficient (Wildman–Crippen LogP) is -1.30. The average molecular weight is 320 g/mol. The van der Waals surface area contributed by atoms with E-state index in [0.717, 1.165) is 43.1 Å². The Balaban J connectivity index is 1.66. The zero-order valence-electron chi connectivity index (χ0n) is 14.0. The van der Waals surface area contributed by atoms with E-state index in [1.807, 2.05) is 0 Å². The lowest BCUT2D eigenvalue weighted by atomic mass is 10.2. The number of hydrogen-bond acceptors (Lipinski definition) is 5. The lowest BCUT2D eigenvalue weighted by Crippen LogP contribution is -2.45. The van der Waals surface area contributed by atoms with E-state index in [9.17, 15) is 9.59 Å². The number of likely N-dealkylation sites (N-methyl/N-ethyl adjacent to an activating group) is 1. The first kappa shape index (κ1) is 15.9. The van der Waals surface area contributed by atoms with Gasteiger partial charge in [0.15, 0.2) is 0 Å². The summed E-state index contributed by atoms with van der Waals surface area (Å²) in [5.74, 6) is 1.35. The summed E-state index contributed by atoms with van der Waals surface area (Å²) in [7, 11) is 5.32. The smallest absolute Gasteiger partial charge is 0.329 e. The Kier molecular flexibility index (Phi) is 4.36. The maximum atomic E-state index is 12.2. The van der Waals surface area contributed by atoms with Gasteiger partial charge in [-0.25, -0.2) is 4.79 Å². The molecule has 1 aromatic rings. The topological polar surface area (TPSA) is 74.9 Å². The van der Waals surface area contributed by atoms with Crippen molar-refractivity contribution in [3.05, 3.63) is 26.4 Å². The van der Waals surface area contributed by atoms with Crippen molar-refractivity contribution in [3.8, 4) is 0 Å². The second-order valence-corrected chi connectivity index (χ2v) is 6.31. The first-order valence-corrected chi connectivity index (χ1v) is 7.97. The van der Waals surface area contributed by atoms with Gasteiger partial charge in [-0.05, 0) is 7.05 Å². The Morgan fingerprint density at radius 3 is 2.43 bits per heavy atom. The molecular formula is C15H24N6O2. The molecule has 3 rings (SSSR count). The molecule has 126 valence electrons. The van der Waals surface area contributed by atoms with E-state index >= 15 is 0 Å². The summed E-state index contributed by atoms with van der Waals surface area (Å²) in [5.41, 5.74) is 0.0627. The van der Waals surface area contributed by atoms with E-state index < -0.39 is 0 Å². The van der Waals surface area contributed by atoms with E-state index in [1.165, 1.54) is 11.6 Å². The summed E-state index contributed by atoms with van der Waals surface area (Å²) >= 11 is 0. The summed E-state index contributed by atoms with van der Waals surface area (Å²) in [5, 5.41) is 3.13. The molecule has 8 nitrogen and oxygen atoms in total. The molecule has 8 heteroatoms. The molecule has 0 radical (unpaired) electrons. The molecule has 23 heavy (non-hydrogen) atoms. The molecule has 2 aliphatic heterocycles. The van der Waals surface area contributed by atoms with Crippen molar-refractivity contribution < 1.29 is 0 Å². The fourth-order valence-electron chi connectivity index (χ4n) is 3.07. The molecule has 0 spiro atoms. The van der Waals surface area contributed by atoms with Gasteiger partial charge < -0.3 is 10.2 Å². The molecule has 0 aliphatic carbocycles. The molecule has 0 aromatic carbocycles. The van der Waals surface area contributed by atoms with Gasteiger partial charge >= 0.3 is 5.69 Å². The molecular weight excluding hydrogens is 296 g/mol. The van der Waals surface area contributed by atoms with Gasteiger partial charge in [-0.2, -0.15) is 0 Å². The third-order valence-electron chi connectivity index (χ3n) is 4.68. The summed E-state index contributed by atoms with van der Waals surface area (Å²) in [6.07, 6.45) is 0.471. The summed E-state index contributed by atoms with van der Waals surface area (Å²) in [6.45, 7) is 5.96. The van der Waals surface area contributed by atoms with Crippen LogP contribution in [-0.2, 0) is 20.5 Å². The van der Waals surface area contributed by atoms with Gasteiger partial charge in [-0.3, -0.25) is 23.8 Å². The fourth-order valence-corrected chi connectivity index (χ4v) is 3.07. The zero-order chi connectivity index (χ0) is 16.6. The van der Waals surface area contributed by atoms with E-state index in [4.69, 9.17) is 0 Å². The van der Waals surface area contributed by atoms with Crippen molar-refractivity contribution in [3.63, 3.8) is 0 Å². The van der Waals surface area contributed by atoms with E-state index in [0.29, 0.717) is 24.3 Å². The first-order valence-electron chi connectivity index (χ1n) is 7.97. The van der Waals surface area contributed by atoms with Crippen LogP contribution in [0.5, 0.6) is 0 Å². The number of hydrogen-bond donors (Lipinski definition) is 1. The first-order chi connectivity index (χ1) is 11.0. The largest absolute Gasteiger partial charge is 0.332 e. The molecule has 2 aliphatic rings. The van der Waals surface area contributed by atoms with Crippen LogP contribution < -0.4 is 16.6 Å². The van der Waals surface area contributed by atoms with Gasteiger partial charge in [-0.15, -0.1) is 0 Å². The number of rotatable bonds is 3. The fraction of sp³-hybridized carbons (Fsp3) is 0.667. The van der Waals surface area contributed by atoms with Crippen LogP contribution in [0.2, 0.25) is 0 Å². The highest BCUT2D eigenvalue weighted by molar-refractivity contribution is 6.01. The number of aliphatic imine (C=N–C) groups is 1. The summed E-state index contributed by atoms with van der Waals surface area (Å²) in [6, 6.07) is 0. The number of nitrogens with one attached hydrogen (secondary N) is 1. The third-order valence-corrected chi connectivity index (χ3v) is 4.68. The summed E-state index contributed by atoms with van der Waals surface area (Å²) < 4.78 is 2.62. The maximum absolute atomic E-state index is 12.2. The molecule has 0 bridgehead atoms. The number of aromatic nitrogens is 2. The van der Waals surface area contributed by atoms with Crippen LogP contribution in [0.4, 0.5) is 5.82 Å². The van der Waals surface area contributed by atoms with Crippen LogP contribution in [0.15, 0.2) is 14.6 Å². The predicted molar refractivity (Wildman–Crippen MR) is 90.5 cm³/mol. The molecule has 0 amide bonds. The molecule has 1 fully saturated rings.